The minimum absolute atomic E-state index is 0.945. The van der Waals surface area contributed by atoms with Crippen LogP contribution < -0.4 is 10.7 Å². The predicted molar refractivity (Wildman–Crippen MR) is 69.8 cm³/mol. The molecule has 1 aliphatic heterocycles. The minimum atomic E-state index is 0.945. The van der Waals surface area contributed by atoms with E-state index in [1.807, 2.05) is 5.01 Å². The van der Waals surface area contributed by atoms with Crippen molar-refractivity contribution in [2.24, 2.45) is 5.84 Å². The maximum atomic E-state index is 5.78. The quantitative estimate of drug-likeness (QED) is 0.764. The summed E-state index contributed by atoms with van der Waals surface area (Å²) in [6.45, 7) is 3.93. The van der Waals surface area contributed by atoms with Gasteiger partial charge in [-0.2, -0.15) is 0 Å². The Bertz CT molecular complexity index is 486. The van der Waals surface area contributed by atoms with Gasteiger partial charge in [0.1, 0.15) is 0 Å². The Hall–Kier alpha value is -1.10. The van der Waals surface area contributed by atoms with E-state index < -0.39 is 0 Å². The number of nitrogens with two attached hydrogens (primary N) is 1. The van der Waals surface area contributed by atoms with Crippen molar-refractivity contribution >= 4 is 27.1 Å². The number of fused-ring (bicyclic) bond motifs is 1. The number of hydrogen-bond donors (Lipinski definition) is 1. The summed E-state index contributed by atoms with van der Waals surface area (Å²) in [5.74, 6) is 5.78. The second-order valence-electron chi connectivity index (χ2n) is 4.13. The lowest BCUT2D eigenvalue weighted by Crippen LogP contribution is -2.49. The van der Waals surface area contributed by atoms with E-state index in [1.54, 1.807) is 11.3 Å². The predicted octanol–water partition coefficient (Wildman–Crippen LogP) is 1.90. The van der Waals surface area contributed by atoms with Crippen LogP contribution in [0.3, 0.4) is 0 Å². The summed E-state index contributed by atoms with van der Waals surface area (Å²) < 4.78 is 1.37. The van der Waals surface area contributed by atoms with Crippen LogP contribution >= 0.6 is 11.3 Å². The molecule has 0 bridgehead atoms. The maximum absolute atomic E-state index is 5.78. The van der Waals surface area contributed by atoms with Crippen molar-refractivity contribution in [3.63, 3.8) is 0 Å². The SMILES string of the molecule is NN1CCN(c2cccc3sccc23)CC1. The van der Waals surface area contributed by atoms with Crippen molar-refractivity contribution in [1.82, 2.24) is 5.01 Å². The molecule has 1 aromatic heterocycles. The smallest absolute Gasteiger partial charge is 0.0455 e. The van der Waals surface area contributed by atoms with Crippen LogP contribution in [0.5, 0.6) is 0 Å². The van der Waals surface area contributed by atoms with Crippen molar-refractivity contribution in [3.05, 3.63) is 29.6 Å². The van der Waals surface area contributed by atoms with Crippen LogP contribution in [-0.2, 0) is 0 Å². The van der Waals surface area contributed by atoms with Gasteiger partial charge < -0.3 is 4.90 Å². The number of hydrogen-bond acceptors (Lipinski definition) is 4. The van der Waals surface area contributed by atoms with E-state index in [2.05, 4.69) is 34.5 Å². The fraction of sp³-hybridized carbons (Fsp3) is 0.333. The van der Waals surface area contributed by atoms with Gasteiger partial charge >= 0.3 is 0 Å². The van der Waals surface area contributed by atoms with Gasteiger partial charge in [0.05, 0.1) is 0 Å². The van der Waals surface area contributed by atoms with Crippen molar-refractivity contribution in [3.8, 4) is 0 Å². The zero-order valence-corrected chi connectivity index (χ0v) is 9.91. The first-order chi connectivity index (χ1) is 7.84. The molecule has 2 aromatic rings. The summed E-state index contributed by atoms with van der Waals surface area (Å²) in [5.41, 5.74) is 1.35. The molecule has 1 fully saturated rings. The molecule has 1 aliphatic rings. The Morgan fingerprint density at radius 3 is 2.69 bits per heavy atom. The fourth-order valence-corrected chi connectivity index (χ4v) is 3.02. The molecule has 0 aliphatic carbocycles. The molecule has 16 heavy (non-hydrogen) atoms. The van der Waals surface area contributed by atoms with Gasteiger partial charge in [0.2, 0.25) is 0 Å². The molecule has 0 spiro atoms. The Labute approximate surface area is 99.0 Å². The molecule has 0 unspecified atom stereocenters. The van der Waals surface area contributed by atoms with Gasteiger partial charge in [0, 0.05) is 42.0 Å². The summed E-state index contributed by atoms with van der Waals surface area (Å²) in [7, 11) is 0. The molecular formula is C12H15N3S. The second-order valence-corrected chi connectivity index (χ2v) is 5.08. The van der Waals surface area contributed by atoms with Crippen molar-refractivity contribution in [2.75, 3.05) is 31.1 Å². The topological polar surface area (TPSA) is 32.5 Å². The second kappa shape index (κ2) is 4.05. The molecule has 2 heterocycles. The lowest BCUT2D eigenvalue weighted by Gasteiger charge is -2.34. The van der Waals surface area contributed by atoms with Gasteiger partial charge in [-0.3, -0.25) is 5.84 Å². The summed E-state index contributed by atoms with van der Waals surface area (Å²) in [5, 5.41) is 5.43. The highest BCUT2D eigenvalue weighted by Crippen LogP contribution is 2.30. The van der Waals surface area contributed by atoms with E-state index >= 15 is 0 Å². The third-order valence-corrected chi connectivity index (χ3v) is 4.01. The monoisotopic (exact) mass is 233 g/mol. The van der Waals surface area contributed by atoms with E-state index in [0.717, 1.165) is 26.2 Å². The van der Waals surface area contributed by atoms with Gasteiger partial charge in [0.15, 0.2) is 0 Å². The minimum Gasteiger partial charge on any atom is -0.368 e. The third kappa shape index (κ3) is 1.69. The molecule has 0 radical (unpaired) electrons. The van der Waals surface area contributed by atoms with Crippen molar-refractivity contribution < 1.29 is 0 Å². The maximum Gasteiger partial charge on any atom is 0.0455 e. The van der Waals surface area contributed by atoms with Crippen LogP contribution in [0.4, 0.5) is 5.69 Å². The number of anilines is 1. The lowest BCUT2D eigenvalue weighted by atomic mass is 10.2. The molecule has 0 saturated carbocycles. The van der Waals surface area contributed by atoms with E-state index in [0.29, 0.717) is 0 Å². The zero-order valence-electron chi connectivity index (χ0n) is 9.10. The van der Waals surface area contributed by atoms with Crippen LogP contribution in [0.2, 0.25) is 0 Å². The summed E-state index contributed by atoms with van der Waals surface area (Å²) >= 11 is 1.80. The van der Waals surface area contributed by atoms with Crippen molar-refractivity contribution in [1.29, 1.82) is 0 Å². The van der Waals surface area contributed by atoms with Crippen LogP contribution in [0.15, 0.2) is 29.6 Å². The Morgan fingerprint density at radius 1 is 1.06 bits per heavy atom. The molecule has 2 N–H and O–H groups in total. The highest BCUT2D eigenvalue weighted by Gasteiger charge is 2.16. The summed E-state index contributed by atoms with van der Waals surface area (Å²) in [6.07, 6.45) is 0. The standard InChI is InChI=1S/C12H15N3S/c13-15-7-5-14(6-8-15)11-2-1-3-12-10(11)4-9-16-12/h1-4,9H,5-8,13H2. The number of benzene rings is 1. The van der Waals surface area contributed by atoms with Crippen LogP contribution in [0.1, 0.15) is 0 Å². The van der Waals surface area contributed by atoms with E-state index in [4.69, 9.17) is 5.84 Å². The fourth-order valence-electron chi connectivity index (χ4n) is 2.22. The number of rotatable bonds is 1. The number of nitrogens with zero attached hydrogens (tertiary/aromatic N) is 2. The average molecular weight is 233 g/mol. The normalized spacial score (nSPS) is 18.2. The Kier molecular flexibility index (Phi) is 2.55. The molecule has 1 saturated heterocycles. The van der Waals surface area contributed by atoms with E-state index in [1.165, 1.54) is 15.8 Å². The van der Waals surface area contributed by atoms with Crippen molar-refractivity contribution in [2.45, 2.75) is 0 Å². The first kappa shape index (κ1) is 10.1. The number of hydrazine groups is 1. The lowest BCUT2D eigenvalue weighted by molar-refractivity contribution is 0.266. The largest absolute Gasteiger partial charge is 0.368 e. The molecule has 0 amide bonds. The summed E-state index contributed by atoms with van der Waals surface area (Å²) in [4.78, 5) is 2.43. The van der Waals surface area contributed by atoms with Gasteiger partial charge in [-0.05, 0) is 23.6 Å². The number of thiophene rings is 1. The zero-order chi connectivity index (χ0) is 11.0. The molecule has 0 atom stereocenters. The van der Waals surface area contributed by atoms with E-state index in [9.17, 15) is 0 Å². The highest BCUT2D eigenvalue weighted by atomic mass is 32.1. The number of piperazine rings is 1. The van der Waals surface area contributed by atoms with Gasteiger partial charge in [-0.15, -0.1) is 11.3 Å². The summed E-state index contributed by atoms with van der Waals surface area (Å²) in [6, 6.07) is 8.75. The van der Waals surface area contributed by atoms with E-state index in [-0.39, 0.29) is 0 Å². The van der Waals surface area contributed by atoms with Crippen LogP contribution in [0, 0.1) is 0 Å². The Balaban J connectivity index is 1.96. The average Bonchev–Trinajstić information content (AvgIpc) is 2.78. The highest BCUT2D eigenvalue weighted by molar-refractivity contribution is 7.17. The Morgan fingerprint density at radius 2 is 1.88 bits per heavy atom. The third-order valence-electron chi connectivity index (χ3n) is 3.13. The molecule has 3 rings (SSSR count). The molecule has 84 valence electrons. The first-order valence-electron chi connectivity index (χ1n) is 5.55. The van der Waals surface area contributed by atoms with Gasteiger partial charge in [0.25, 0.3) is 0 Å². The molecular weight excluding hydrogens is 218 g/mol. The molecule has 1 aromatic carbocycles. The first-order valence-corrected chi connectivity index (χ1v) is 6.43. The molecule has 3 nitrogen and oxygen atoms in total. The van der Waals surface area contributed by atoms with Crippen LogP contribution in [-0.4, -0.2) is 31.2 Å². The van der Waals surface area contributed by atoms with Gasteiger partial charge in [-0.25, -0.2) is 5.01 Å². The molecule has 4 heteroatoms. The van der Waals surface area contributed by atoms with Crippen LogP contribution in [0.25, 0.3) is 10.1 Å². The van der Waals surface area contributed by atoms with Gasteiger partial charge in [-0.1, -0.05) is 6.07 Å².